The lowest BCUT2D eigenvalue weighted by Gasteiger charge is -2.39. The molecule has 0 aliphatic carbocycles. The minimum atomic E-state index is -0.518. The summed E-state index contributed by atoms with van der Waals surface area (Å²) in [6.45, 7) is 0.506. The van der Waals surface area contributed by atoms with Crippen molar-refractivity contribution >= 4 is 22.7 Å². The average Bonchev–Trinajstić information content (AvgIpc) is 3.29. The summed E-state index contributed by atoms with van der Waals surface area (Å²) < 4.78 is 5.29. The number of hydrogen-bond acceptors (Lipinski definition) is 3. The van der Waals surface area contributed by atoms with Crippen LogP contribution in [-0.4, -0.2) is 42.4 Å². The van der Waals surface area contributed by atoms with E-state index in [0.717, 1.165) is 22.4 Å². The number of aromatic nitrogens is 1. The van der Waals surface area contributed by atoms with Crippen molar-refractivity contribution in [1.82, 2.24) is 15.2 Å². The second-order valence-electron chi connectivity index (χ2n) is 8.60. The Morgan fingerprint density at radius 1 is 1.03 bits per heavy atom. The Kier molecular flexibility index (Phi) is 5.80. The smallest absolute Gasteiger partial charge is 0.254 e. The number of para-hydroxylation sites is 1. The van der Waals surface area contributed by atoms with Gasteiger partial charge in [-0.25, -0.2) is 0 Å². The first-order valence-corrected chi connectivity index (χ1v) is 11.4. The average molecular weight is 454 g/mol. The zero-order valence-electron chi connectivity index (χ0n) is 19.2. The Morgan fingerprint density at radius 2 is 1.76 bits per heavy atom. The molecular weight excluding hydrogens is 426 g/mol. The van der Waals surface area contributed by atoms with Crippen LogP contribution in [0.3, 0.4) is 0 Å². The van der Waals surface area contributed by atoms with Crippen LogP contribution in [0, 0.1) is 0 Å². The van der Waals surface area contributed by atoms with Crippen molar-refractivity contribution in [2.24, 2.45) is 0 Å². The first kappa shape index (κ1) is 21.8. The molecule has 6 heteroatoms. The minimum absolute atomic E-state index is 0.0840. The largest absolute Gasteiger partial charge is 0.497 e. The quantitative estimate of drug-likeness (QED) is 0.453. The fourth-order valence-corrected chi connectivity index (χ4v) is 4.94. The van der Waals surface area contributed by atoms with Crippen molar-refractivity contribution < 1.29 is 14.3 Å². The fourth-order valence-electron chi connectivity index (χ4n) is 4.94. The van der Waals surface area contributed by atoms with Gasteiger partial charge in [0.2, 0.25) is 5.91 Å². The normalized spacial score (nSPS) is 17.5. The third kappa shape index (κ3) is 3.81. The van der Waals surface area contributed by atoms with E-state index in [1.807, 2.05) is 66.9 Å². The second kappa shape index (κ2) is 9.06. The highest BCUT2D eigenvalue weighted by Crippen LogP contribution is 2.42. The molecular formula is C28H27N3O3. The molecule has 2 amide bonds. The van der Waals surface area contributed by atoms with Crippen molar-refractivity contribution in [3.05, 3.63) is 101 Å². The van der Waals surface area contributed by atoms with Crippen LogP contribution in [0.4, 0.5) is 0 Å². The van der Waals surface area contributed by atoms with Gasteiger partial charge in [-0.2, -0.15) is 0 Å². The van der Waals surface area contributed by atoms with Crippen LogP contribution in [0.5, 0.6) is 5.75 Å². The van der Waals surface area contributed by atoms with Gasteiger partial charge in [-0.1, -0.05) is 48.5 Å². The van der Waals surface area contributed by atoms with Gasteiger partial charge in [0.05, 0.1) is 19.1 Å². The molecule has 2 unspecified atom stereocenters. The van der Waals surface area contributed by atoms with E-state index in [0.29, 0.717) is 18.5 Å². The predicted molar refractivity (Wildman–Crippen MR) is 132 cm³/mol. The van der Waals surface area contributed by atoms with Crippen molar-refractivity contribution in [3.63, 3.8) is 0 Å². The number of likely N-dealkylation sites (N-methyl/N-ethyl adjacent to an activating group) is 1. The first-order valence-electron chi connectivity index (χ1n) is 11.4. The number of H-pyrrole nitrogens is 1. The Balaban J connectivity index is 1.43. The molecule has 172 valence electrons. The topological polar surface area (TPSA) is 74.4 Å². The summed E-state index contributed by atoms with van der Waals surface area (Å²) in [5, 5.41) is 4.31. The van der Waals surface area contributed by atoms with Crippen molar-refractivity contribution in [3.8, 4) is 5.75 Å². The number of fused-ring (bicyclic) bond motifs is 2. The zero-order valence-corrected chi connectivity index (χ0v) is 19.2. The van der Waals surface area contributed by atoms with Gasteiger partial charge in [-0.15, -0.1) is 0 Å². The van der Waals surface area contributed by atoms with Gasteiger partial charge in [0.25, 0.3) is 5.91 Å². The number of methoxy groups -OCH3 is 1. The van der Waals surface area contributed by atoms with Crippen LogP contribution in [0.1, 0.15) is 39.0 Å². The molecule has 0 radical (unpaired) electrons. The molecule has 0 fully saturated rings. The van der Waals surface area contributed by atoms with Crippen LogP contribution >= 0.6 is 0 Å². The summed E-state index contributed by atoms with van der Waals surface area (Å²) in [7, 11) is 3.38. The number of hydrogen-bond donors (Lipinski definition) is 2. The molecule has 6 nitrogen and oxygen atoms in total. The third-order valence-electron chi connectivity index (χ3n) is 6.69. The molecule has 34 heavy (non-hydrogen) atoms. The Bertz CT molecular complexity index is 1340. The molecule has 1 aliphatic heterocycles. The fraction of sp³-hybridized carbons (Fsp3) is 0.214. The lowest BCUT2D eigenvalue weighted by atomic mass is 9.79. The van der Waals surface area contributed by atoms with E-state index >= 15 is 0 Å². The maximum Gasteiger partial charge on any atom is 0.254 e. The third-order valence-corrected chi connectivity index (χ3v) is 6.69. The summed E-state index contributed by atoms with van der Waals surface area (Å²) in [5.41, 5.74) is 4.48. The molecule has 0 saturated carbocycles. The number of nitrogens with zero attached hydrogens (tertiary/aromatic N) is 1. The second-order valence-corrected chi connectivity index (χ2v) is 8.60. The SMILES string of the molecule is COc1ccc(C2C(C(=O)NCCc3c[nH]c4ccccc34)c3ccccc3C(=O)N2C)cc1. The zero-order chi connectivity index (χ0) is 23.7. The van der Waals surface area contributed by atoms with Crippen LogP contribution in [-0.2, 0) is 11.2 Å². The number of ether oxygens (including phenoxy) is 1. The molecule has 4 aromatic rings. The van der Waals surface area contributed by atoms with Crippen molar-refractivity contribution in [1.29, 1.82) is 0 Å². The number of carbonyl (C=O) groups excluding carboxylic acids is 2. The molecule has 1 aromatic heterocycles. The molecule has 0 saturated heterocycles. The van der Waals surface area contributed by atoms with Crippen LogP contribution in [0.2, 0.25) is 0 Å². The Morgan fingerprint density at radius 3 is 2.56 bits per heavy atom. The number of aromatic amines is 1. The standard InChI is InChI=1S/C28H27N3O3/c1-31-26(18-11-13-20(34-2)14-12-18)25(22-8-3-4-9-23(22)28(31)33)27(32)29-16-15-19-17-30-24-10-6-5-7-21(19)24/h3-14,17,25-26,30H,15-16H2,1-2H3,(H,29,32). The van der Waals surface area contributed by atoms with Crippen molar-refractivity contribution in [2.45, 2.75) is 18.4 Å². The predicted octanol–water partition coefficient (Wildman–Crippen LogP) is 4.45. The molecule has 5 rings (SSSR count). The Hall–Kier alpha value is -4.06. The number of rotatable bonds is 6. The van der Waals surface area contributed by atoms with Crippen LogP contribution in [0.25, 0.3) is 10.9 Å². The molecule has 3 aromatic carbocycles. The number of amides is 2. The maximum absolute atomic E-state index is 13.6. The van der Waals surface area contributed by atoms with Gasteiger partial charge in [-0.3, -0.25) is 9.59 Å². The number of nitrogens with one attached hydrogen (secondary N) is 2. The summed E-state index contributed by atoms with van der Waals surface area (Å²) in [5.74, 6) is 0.0376. The molecule has 2 N–H and O–H groups in total. The van der Waals surface area contributed by atoms with E-state index in [-0.39, 0.29) is 11.8 Å². The van der Waals surface area contributed by atoms with E-state index in [1.165, 1.54) is 10.9 Å². The summed E-state index contributed by atoms with van der Waals surface area (Å²) in [6.07, 6.45) is 2.71. The van der Waals surface area contributed by atoms with Crippen molar-refractivity contribution in [2.75, 3.05) is 20.7 Å². The van der Waals surface area contributed by atoms with Crippen LogP contribution in [0.15, 0.2) is 79.0 Å². The molecule has 2 heterocycles. The van der Waals surface area contributed by atoms with E-state index < -0.39 is 12.0 Å². The van der Waals surface area contributed by atoms with E-state index in [9.17, 15) is 9.59 Å². The summed E-state index contributed by atoms with van der Waals surface area (Å²) in [6, 6.07) is 22.7. The van der Waals surface area contributed by atoms with Gasteiger partial charge < -0.3 is 19.9 Å². The lowest BCUT2D eigenvalue weighted by Crippen LogP contribution is -2.45. The first-order chi connectivity index (χ1) is 16.6. The highest BCUT2D eigenvalue weighted by atomic mass is 16.5. The highest BCUT2D eigenvalue weighted by molar-refractivity contribution is 6.01. The molecule has 0 bridgehead atoms. The lowest BCUT2D eigenvalue weighted by molar-refractivity contribution is -0.124. The minimum Gasteiger partial charge on any atom is -0.497 e. The van der Waals surface area contributed by atoms with E-state index in [4.69, 9.17) is 4.74 Å². The molecule has 1 aliphatic rings. The molecule has 0 spiro atoms. The summed E-state index contributed by atoms with van der Waals surface area (Å²) >= 11 is 0. The van der Waals surface area contributed by atoms with E-state index in [1.54, 1.807) is 25.1 Å². The number of carbonyl (C=O) groups is 2. The highest BCUT2D eigenvalue weighted by Gasteiger charge is 2.42. The van der Waals surface area contributed by atoms with Gasteiger partial charge >= 0.3 is 0 Å². The van der Waals surface area contributed by atoms with Gasteiger partial charge in [-0.05, 0) is 47.4 Å². The Labute approximate surface area is 198 Å². The number of benzene rings is 3. The summed E-state index contributed by atoms with van der Waals surface area (Å²) in [4.78, 5) is 31.7. The van der Waals surface area contributed by atoms with Gasteiger partial charge in [0.1, 0.15) is 5.75 Å². The van der Waals surface area contributed by atoms with Gasteiger partial charge in [0, 0.05) is 36.3 Å². The maximum atomic E-state index is 13.6. The molecule has 2 atom stereocenters. The van der Waals surface area contributed by atoms with Gasteiger partial charge in [0.15, 0.2) is 0 Å². The van der Waals surface area contributed by atoms with Crippen LogP contribution < -0.4 is 10.1 Å². The monoisotopic (exact) mass is 453 g/mol. The van der Waals surface area contributed by atoms with E-state index in [2.05, 4.69) is 16.4 Å².